The molecule has 2 aromatic rings. The van der Waals surface area contributed by atoms with Crippen LogP contribution < -0.4 is 15.1 Å². The molecule has 2 N–H and O–H groups in total. The van der Waals surface area contributed by atoms with Crippen LogP contribution >= 0.6 is 12.2 Å². The van der Waals surface area contributed by atoms with Gasteiger partial charge < -0.3 is 24.8 Å². The lowest BCUT2D eigenvalue weighted by Crippen LogP contribution is -2.34. The van der Waals surface area contributed by atoms with Gasteiger partial charge in [-0.3, -0.25) is 9.74 Å². The number of aromatic hydroxyl groups is 1. The highest BCUT2D eigenvalue weighted by molar-refractivity contribution is 7.80. The average Bonchev–Trinajstić information content (AvgIpc) is 3.06. The van der Waals surface area contributed by atoms with Crippen LogP contribution in [0.25, 0.3) is 0 Å². The van der Waals surface area contributed by atoms with E-state index in [1.807, 2.05) is 6.07 Å². The summed E-state index contributed by atoms with van der Waals surface area (Å²) in [5.41, 5.74) is 0.577. The number of thiocarbonyl (C=S) groups is 1. The molecule has 2 aliphatic rings. The van der Waals surface area contributed by atoms with Crippen LogP contribution in [0, 0.1) is 11.6 Å². The fourth-order valence-corrected chi connectivity index (χ4v) is 4.07. The van der Waals surface area contributed by atoms with Crippen molar-refractivity contribution >= 4 is 34.9 Å². The summed E-state index contributed by atoms with van der Waals surface area (Å²) in [4.78, 5) is 20.7. The number of nitrogens with one attached hydrogen (secondary N) is 1. The van der Waals surface area contributed by atoms with E-state index in [1.54, 1.807) is 28.2 Å². The zero-order valence-corrected chi connectivity index (χ0v) is 19.9. The third kappa shape index (κ3) is 5.89. The molecule has 0 aliphatic carbocycles. The Kier molecular flexibility index (Phi) is 7.83. The maximum Gasteiger partial charge on any atom is 0.414 e. The van der Waals surface area contributed by atoms with Crippen LogP contribution in [0.3, 0.4) is 0 Å². The van der Waals surface area contributed by atoms with E-state index in [2.05, 4.69) is 5.32 Å². The van der Waals surface area contributed by atoms with Crippen LogP contribution in [0.5, 0.6) is 5.75 Å². The molecule has 1 amide bonds. The minimum Gasteiger partial charge on any atom is -0.508 e. The summed E-state index contributed by atoms with van der Waals surface area (Å²) < 4.78 is 40.3. The van der Waals surface area contributed by atoms with Crippen molar-refractivity contribution in [3.8, 4) is 5.75 Å². The van der Waals surface area contributed by atoms with Gasteiger partial charge in [0.25, 0.3) is 5.17 Å². The van der Waals surface area contributed by atoms with Crippen molar-refractivity contribution < 1.29 is 33.0 Å². The predicted molar refractivity (Wildman–Crippen MR) is 128 cm³/mol. The number of hydrogen-bond donors (Lipinski definition) is 2. The van der Waals surface area contributed by atoms with Gasteiger partial charge in [-0.05, 0) is 18.3 Å². The van der Waals surface area contributed by atoms with Crippen LogP contribution in [0.1, 0.15) is 5.56 Å². The number of carbonyl (C=O) groups excluding carboxylic acids is 1. The lowest BCUT2D eigenvalue weighted by Gasteiger charge is -2.24. The number of nitrogens with zero attached hydrogens (tertiary/aromatic N) is 3. The zero-order valence-electron chi connectivity index (χ0n) is 19.1. The van der Waals surface area contributed by atoms with Crippen LogP contribution in [-0.2, 0) is 20.9 Å². The Morgan fingerprint density at radius 2 is 1.97 bits per heavy atom. The van der Waals surface area contributed by atoms with Crippen LogP contribution in [0.2, 0.25) is 0 Å². The second kappa shape index (κ2) is 11.0. The molecule has 35 heavy (non-hydrogen) atoms. The standard InChI is InChI=1S/C23H26F2N4O5S/c1-32-22(35)26-12-17-14-29(23(31)34-17)16-10-18(24)21(19(25)11-16)27-6-7-28(33-9-8-27)13-15-4-2-3-5-20(15)30/h2-5,10-11,17,30H,6-9,12-14H2,1H3,(H,26,35)/t17-/m0/s1. The summed E-state index contributed by atoms with van der Waals surface area (Å²) in [7, 11) is 1.41. The molecule has 1 atom stereocenters. The number of methoxy groups -OCH3 is 1. The molecular formula is C23H26F2N4O5S. The second-order valence-electron chi connectivity index (χ2n) is 8.06. The van der Waals surface area contributed by atoms with Crippen molar-refractivity contribution in [2.75, 3.05) is 56.2 Å². The fourth-order valence-electron chi connectivity index (χ4n) is 3.99. The number of rotatable bonds is 6. The van der Waals surface area contributed by atoms with E-state index in [4.69, 9.17) is 26.5 Å². The molecule has 0 aromatic heterocycles. The van der Waals surface area contributed by atoms with Gasteiger partial charge in [-0.1, -0.05) is 18.2 Å². The Balaban J connectivity index is 1.42. The zero-order chi connectivity index (χ0) is 24.9. The van der Waals surface area contributed by atoms with Crippen LogP contribution in [0.15, 0.2) is 36.4 Å². The van der Waals surface area contributed by atoms with Crippen LogP contribution in [-0.4, -0.2) is 74.0 Å². The highest BCUT2D eigenvalue weighted by Crippen LogP contribution is 2.31. The van der Waals surface area contributed by atoms with E-state index < -0.39 is 23.8 Å². The van der Waals surface area contributed by atoms with Gasteiger partial charge in [-0.15, -0.1) is 0 Å². The normalized spacial score (nSPS) is 18.8. The van der Waals surface area contributed by atoms with E-state index in [9.17, 15) is 9.90 Å². The van der Waals surface area contributed by atoms with Crippen molar-refractivity contribution in [1.29, 1.82) is 0 Å². The van der Waals surface area contributed by atoms with E-state index in [1.165, 1.54) is 12.0 Å². The first-order valence-corrected chi connectivity index (χ1v) is 11.4. The third-order valence-corrected chi connectivity index (χ3v) is 6.07. The van der Waals surface area contributed by atoms with Crippen molar-refractivity contribution in [3.05, 3.63) is 53.6 Å². The first kappa shape index (κ1) is 24.9. The molecule has 0 spiro atoms. The number of benzene rings is 2. The summed E-state index contributed by atoms with van der Waals surface area (Å²) in [6.45, 7) is 1.81. The number of anilines is 2. The molecule has 0 radical (unpaired) electrons. The third-order valence-electron chi connectivity index (χ3n) is 5.76. The van der Waals surface area contributed by atoms with Crippen molar-refractivity contribution in [2.24, 2.45) is 0 Å². The molecule has 2 aromatic carbocycles. The molecule has 2 fully saturated rings. The molecule has 9 nitrogen and oxygen atoms in total. The van der Waals surface area contributed by atoms with Gasteiger partial charge in [0.15, 0.2) is 11.6 Å². The number of phenols is 1. The SMILES string of the molecule is COC(=S)NC[C@H]1CN(c2cc(F)c(N3CCON(Cc4ccccc4O)CC3)c(F)c2)C(=O)O1. The molecule has 0 bridgehead atoms. The van der Waals surface area contributed by atoms with Crippen molar-refractivity contribution in [3.63, 3.8) is 0 Å². The molecule has 0 unspecified atom stereocenters. The summed E-state index contributed by atoms with van der Waals surface area (Å²) in [5, 5.41) is 14.6. The van der Waals surface area contributed by atoms with Gasteiger partial charge in [0.1, 0.15) is 17.5 Å². The molecule has 0 saturated carbocycles. The topological polar surface area (TPSA) is 86.7 Å². The number of hydroxylamine groups is 2. The summed E-state index contributed by atoms with van der Waals surface area (Å²) >= 11 is 4.89. The lowest BCUT2D eigenvalue weighted by molar-refractivity contribution is -0.155. The first-order chi connectivity index (χ1) is 16.9. The van der Waals surface area contributed by atoms with E-state index in [-0.39, 0.29) is 48.5 Å². The van der Waals surface area contributed by atoms with E-state index >= 15 is 8.78 Å². The number of ether oxygens (including phenoxy) is 2. The van der Waals surface area contributed by atoms with Crippen LogP contribution in [0.4, 0.5) is 25.0 Å². The highest BCUT2D eigenvalue weighted by atomic mass is 32.1. The Hall–Kier alpha value is -3.22. The molecular weight excluding hydrogens is 482 g/mol. The predicted octanol–water partition coefficient (Wildman–Crippen LogP) is 2.77. The molecule has 2 aliphatic heterocycles. The van der Waals surface area contributed by atoms with Gasteiger partial charge in [0.05, 0.1) is 39.0 Å². The van der Waals surface area contributed by atoms with Gasteiger partial charge in [-0.2, -0.15) is 5.06 Å². The highest BCUT2D eigenvalue weighted by Gasteiger charge is 2.34. The average molecular weight is 509 g/mol. The minimum absolute atomic E-state index is 0.0674. The number of hydrogen-bond acceptors (Lipinski definition) is 8. The molecule has 2 saturated heterocycles. The molecule has 12 heteroatoms. The van der Waals surface area contributed by atoms with Crippen molar-refractivity contribution in [2.45, 2.75) is 12.6 Å². The first-order valence-electron chi connectivity index (χ1n) is 11.0. The number of cyclic esters (lactones) is 1. The number of phenolic OH excluding ortho intramolecular Hbond substituents is 1. The van der Waals surface area contributed by atoms with Gasteiger partial charge in [-0.25, -0.2) is 13.6 Å². The summed E-state index contributed by atoms with van der Waals surface area (Å²) in [6.07, 6.45) is -1.26. The second-order valence-corrected chi connectivity index (χ2v) is 8.43. The van der Waals surface area contributed by atoms with Gasteiger partial charge in [0.2, 0.25) is 0 Å². The van der Waals surface area contributed by atoms with Gasteiger partial charge in [0, 0.05) is 37.3 Å². The number of amides is 1. The van der Waals surface area contributed by atoms with E-state index in [0.717, 1.165) is 12.1 Å². The summed E-state index contributed by atoms with van der Waals surface area (Å²) in [6, 6.07) is 9.18. The van der Waals surface area contributed by atoms with Gasteiger partial charge >= 0.3 is 6.09 Å². The fraction of sp³-hybridized carbons (Fsp3) is 0.391. The number of carbonyl (C=O) groups is 1. The quantitative estimate of drug-likeness (QED) is 0.572. The molecule has 4 rings (SSSR count). The monoisotopic (exact) mass is 508 g/mol. The Labute approximate surface area is 206 Å². The maximum absolute atomic E-state index is 15.1. The minimum atomic E-state index is -0.788. The lowest BCUT2D eigenvalue weighted by atomic mass is 10.2. The largest absolute Gasteiger partial charge is 0.508 e. The molecule has 188 valence electrons. The smallest absolute Gasteiger partial charge is 0.414 e. The van der Waals surface area contributed by atoms with Crippen molar-refractivity contribution in [1.82, 2.24) is 10.4 Å². The maximum atomic E-state index is 15.1. The molecule has 2 heterocycles. The number of halogens is 2. The Morgan fingerprint density at radius 1 is 1.23 bits per heavy atom. The Morgan fingerprint density at radius 3 is 2.69 bits per heavy atom. The van der Waals surface area contributed by atoms with E-state index in [0.29, 0.717) is 25.2 Å². The Bertz CT molecular complexity index is 1070. The number of para-hydroxylation sites is 1. The summed E-state index contributed by atoms with van der Waals surface area (Å²) in [5.74, 6) is -1.42.